The fraction of sp³-hybridized carbons (Fsp3) is 0.400. The van der Waals surface area contributed by atoms with Gasteiger partial charge in [-0.15, -0.1) is 11.3 Å². The van der Waals surface area contributed by atoms with Crippen LogP contribution in [0, 0.1) is 0 Å². The minimum Gasteiger partial charge on any atom is -0.391 e. The third-order valence-electron chi connectivity index (χ3n) is 2.45. The Morgan fingerprint density at radius 3 is 2.50 bits per heavy atom. The molecule has 4 nitrogen and oxygen atoms in total. The summed E-state index contributed by atoms with van der Waals surface area (Å²) in [5.74, 6) is -0.989. The number of morpholine rings is 1. The number of nitrogens with zero attached hydrogens (tertiary/aromatic N) is 1. The Labute approximate surface area is 102 Å². The van der Waals surface area contributed by atoms with Crippen LogP contribution in [0.25, 0.3) is 0 Å². The van der Waals surface area contributed by atoms with Gasteiger partial charge in [-0.3, -0.25) is 14.5 Å². The van der Waals surface area contributed by atoms with Gasteiger partial charge in [0.25, 0.3) is 0 Å². The molecule has 16 heavy (non-hydrogen) atoms. The first-order valence-corrected chi connectivity index (χ1v) is 5.98. The van der Waals surface area contributed by atoms with Gasteiger partial charge < -0.3 is 4.74 Å². The summed E-state index contributed by atoms with van der Waals surface area (Å²) >= 11 is 7.29. The topological polar surface area (TPSA) is 46.6 Å². The van der Waals surface area contributed by atoms with Crippen molar-refractivity contribution in [3.05, 3.63) is 21.3 Å². The molecule has 1 fully saturated rings. The van der Waals surface area contributed by atoms with Crippen molar-refractivity contribution in [1.29, 1.82) is 0 Å². The van der Waals surface area contributed by atoms with Crippen molar-refractivity contribution in [2.45, 2.75) is 13.0 Å². The van der Waals surface area contributed by atoms with Gasteiger partial charge >= 0.3 is 11.9 Å². The van der Waals surface area contributed by atoms with Gasteiger partial charge in [-0.25, -0.2) is 0 Å². The Morgan fingerprint density at radius 1 is 1.38 bits per heavy atom. The van der Waals surface area contributed by atoms with E-state index in [4.69, 9.17) is 11.6 Å². The number of halogens is 1. The summed E-state index contributed by atoms with van der Waals surface area (Å²) in [6.45, 7) is 2.22. The van der Waals surface area contributed by atoms with E-state index in [1.54, 1.807) is 4.90 Å². The van der Waals surface area contributed by atoms with Gasteiger partial charge in [0.05, 0.1) is 17.4 Å². The molecule has 1 aliphatic heterocycles. The summed E-state index contributed by atoms with van der Waals surface area (Å²) in [5.41, 5.74) is 0. The number of thiophene rings is 1. The molecule has 1 aromatic heterocycles. The van der Waals surface area contributed by atoms with Crippen LogP contribution in [-0.2, 0) is 14.3 Å². The average Bonchev–Trinajstić information content (AvgIpc) is 2.62. The van der Waals surface area contributed by atoms with E-state index in [2.05, 4.69) is 4.74 Å². The number of carbonyl (C=O) groups is 2. The first-order valence-electron chi connectivity index (χ1n) is 4.79. The van der Waals surface area contributed by atoms with Crippen LogP contribution in [0.1, 0.15) is 17.8 Å². The van der Waals surface area contributed by atoms with Crippen LogP contribution < -0.4 is 0 Å². The van der Waals surface area contributed by atoms with Gasteiger partial charge in [0.1, 0.15) is 0 Å². The van der Waals surface area contributed by atoms with Gasteiger partial charge in [0.15, 0.2) is 0 Å². The maximum Gasteiger partial charge on any atom is 0.327 e. The molecule has 0 spiro atoms. The van der Waals surface area contributed by atoms with E-state index in [1.165, 1.54) is 11.3 Å². The predicted octanol–water partition coefficient (Wildman–Crippen LogP) is 1.85. The predicted molar refractivity (Wildman–Crippen MR) is 60.4 cm³/mol. The molecule has 1 aromatic rings. The normalized spacial score (nSPS) is 19.6. The standard InChI is InChI=1S/C10H10ClNO3S/c1-6(7-2-3-8(11)16-7)12-4-9(13)15-10(14)5-12/h2-3,6H,4-5H2,1H3. The van der Waals surface area contributed by atoms with Crippen LogP contribution in [0.5, 0.6) is 0 Å². The smallest absolute Gasteiger partial charge is 0.327 e. The SMILES string of the molecule is CC(c1ccc(Cl)s1)N1CC(=O)OC(=O)C1. The molecule has 1 atom stereocenters. The van der Waals surface area contributed by atoms with Crippen molar-refractivity contribution in [3.63, 3.8) is 0 Å². The Hall–Kier alpha value is -0.910. The lowest BCUT2D eigenvalue weighted by Gasteiger charge is -2.29. The molecule has 6 heteroatoms. The molecule has 2 rings (SSSR count). The summed E-state index contributed by atoms with van der Waals surface area (Å²) in [4.78, 5) is 25.0. The zero-order valence-electron chi connectivity index (χ0n) is 8.60. The maximum atomic E-state index is 11.1. The third kappa shape index (κ3) is 2.42. The quantitative estimate of drug-likeness (QED) is 0.601. The second kappa shape index (κ2) is 4.53. The molecule has 1 saturated heterocycles. The third-order valence-corrected chi connectivity index (χ3v) is 3.85. The number of hydrogen-bond acceptors (Lipinski definition) is 5. The van der Waals surface area contributed by atoms with Crippen molar-refractivity contribution in [3.8, 4) is 0 Å². The van der Waals surface area contributed by atoms with E-state index < -0.39 is 11.9 Å². The molecule has 86 valence electrons. The Kier molecular flexibility index (Phi) is 3.28. The number of esters is 2. The number of ether oxygens (including phenoxy) is 1. The number of cyclic esters (lactones) is 2. The number of hydrogen-bond donors (Lipinski definition) is 0. The summed E-state index contributed by atoms with van der Waals surface area (Å²) < 4.78 is 5.17. The van der Waals surface area contributed by atoms with Gasteiger partial charge in [-0.05, 0) is 19.1 Å². The first kappa shape index (κ1) is 11.6. The molecule has 0 radical (unpaired) electrons. The lowest BCUT2D eigenvalue weighted by molar-refractivity contribution is -0.167. The minimum atomic E-state index is -0.495. The summed E-state index contributed by atoms with van der Waals surface area (Å²) in [6, 6.07) is 3.71. The average molecular weight is 260 g/mol. The molecule has 0 N–H and O–H groups in total. The summed E-state index contributed by atoms with van der Waals surface area (Å²) in [5, 5.41) is 0. The second-order valence-corrected chi connectivity index (χ2v) is 5.32. The van der Waals surface area contributed by atoms with E-state index in [9.17, 15) is 9.59 Å². The van der Waals surface area contributed by atoms with Crippen molar-refractivity contribution in [2.75, 3.05) is 13.1 Å². The highest BCUT2D eigenvalue weighted by molar-refractivity contribution is 7.16. The Balaban J connectivity index is 2.12. The zero-order valence-corrected chi connectivity index (χ0v) is 10.2. The van der Waals surface area contributed by atoms with E-state index in [-0.39, 0.29) is 19.1 Å². The Bertz CT molecular complexity index is 415. The van der Waals surface area contributed by atoms with E-state index in [1.807, 2.05) is 19.1 Å². The minimum absolute atomic E-state index is 0.00528. The van der Waals surface area contributed by atoms with Crippen molar-refractivity contribution in [1.82, 2.24) is 4.90 Å². The van der Waals surface area contributed by atoms with Crippen LogP contribution in [0.2, 0.25) is 4.34 Å². The number of carbonyl (C=O) groups excluding carboxylic acids is 2. The molecule has 0 aliphatic carbocycles. The van der Waals surface area contributed by atoms with E-state index >= 15 is 0 Å². The maximum absolute atomic E-state index is 11.1. The second-order valence-electron chi connectivity index (χ2n) is 3.57. The molecule has 0 bridgehead atoms. The van der Waals surface area contributed by atoms with Crippen molar-refractivity contribution >= 4 is 34.9 Å². The van der Waals surface area contributed by atoms with E-state index in [0.717, 1.165) is 4.88 Å². The highest BCUT2D eigenvalue weighted by Crippen LogP contribution is 2.30. The monoisotopic (exact) mass is 259 g/mol. The highest BCUT2D eigenvalue weighted by atomic mass is 35.5. The first-order chi connectivity index (χ1) is 7.56. The fourth-order valence-corrected chi connectivity index (χ4v) is 2.73. The van der Waals surface area contributed by atoms with Crippen LogP contribution in [0.3, 0.4) is 0 Å². The van der Waals surface area contributed by atoms with Gasteiger partial charge in [0, 0.05) is 10.9 Å². The highest BCUT2D eigenvalue weighted by Gasteiger charge is 2.29. The largest absolute Gasteiger partial charge is 0.391 e. The van der Waals surface area contributed by atoms with Crippen LogP contribution >= 0.6 is 22.9 Å². The molecule has 1 unspecified atom stereocenters. The van der Waals surface area contributed by atoms with Crippen LogP contribution in [0.4, 0.5) is 0 Å². The molecule has 0 saturated carbocycles. The Morgan fingerprint density at radius 2 is 2.00 bits per heavy atom. The molecule has 0 aromatic carbocycles. The molecular formula is C10H10ClNO3S. The van der Waals surface area contributed by atoms with Crippen molar-refractivity contribution < 1.29 is 14.3 Å². The summed E-state index contributed by atoms with van der Waals surface area (Å²) in [7, 11) is 0. The van der Waals surface area contributed by atoms with Crippen LogP contribution in [0.15, 0.2) is 12.1 Å². The number of rotatable bonds is 2. The lowest BCUT2D eigenvalue weighted by atomic mass is 10.2. The zero-order chi connectivity index (χ0) is 11.7. The summed E-state index contributed by atoms with van der Waals surface area (Å²) in [6.07, 6.45) is 0. The molecule has 2 heterocycles. The van der Waals surface area contributed by atoms with E-state index in [0.29, 0.717) is 4.34 Å². The van der Waals surface area contributed by atoms with Crippen LogP contribution in [-0.4, -0.2) is 29.9 Å². The molecule has 0 amide bonds. The fourth-order valence-electron chi connectivity index (χ4n) is 1.59. The van der Waals surface area contributed by atoms with Gasteiger partial charge in [0.2, 0.25) is 0 Å². The van der Waals surface area contributed by atoms with Crippen molar-refractivity contribution in [2.24, 2.45) is 0 Å². The van der Waals surface area contributed by atoms with Gasteiger partial charge in [-0.2, -0.15) is 0 Å². The lowest BCUT2D eigenvalue weighted by Crippen LogP contribution is -2.43. The molecule has 1 aliphatic rings. The van der Waals surface area contributed by atoms with Gasteiger partial charge in [-0.1, -0.05) is 11.6 Å². The molecular weight excluding hydrogens is 250 g/mol.